The van der Waals surface area contributed by atoms with Gasteiger partial charge in [-0.3, -0.25) is 9.59 Å². The van der Waals surface area contributed by atoms with E-state index in [-0.39, 0.29) is 36.1 Å². The Morgan fingerprint density at radius 2 is 1.26 bits per heavy atom. The molecule has 5 aromatic rings. The van der Waals surface area contributed by atoms with Gasteiger partial charge in [-0.2, -0.15) is 5.26 Å². The van der Waals surface area contributed by atoms with Gasteiger partial charge in [0.05, 0.1) is 56.0 Å². The molecule has 316 valence electrons. The van der Waals surface area contributed by atoms with Crippen molar-refractivity contribution in [3.63, 3.8) is 0 Å². The zero-order valence-electron chi connectivity index (χ0n) is 35.2. The molecule has 15 heteroatoms. The monoisotopic (exact) mass is 825 g/mol. The topological polar surface area (TPSA) is 198 Å². The number of carbonyl (C=O) groups is 4. The standard InChI is InChI=1S/C46H51N9O6/c1-25(2)38(52-45(58)60-6)43(56)54-17-16-27(5)40(54)42-49-23-36(51-42)34-15-14-32-19-31(12-13-33(32)20-34)29-8-10-30(11-9-29)35-22-48-41(50-35)37-18-28(21-47)24-55(37)44(57)39(26(3)4)53-46(59)61-7/h8-15,19-20,22-23,25-26,28,37-40H,5,16-18,24H2,1-4,6-7H3,(H,48,50)(H,49,51)(H,52,58)(H,53,59)/t28-,37-,38-,39-,40-/m0/s1. The van der Waals surface area contributed by atoms with Crippen LogP contribution in [0.4, 0.5) is 9.59 Å². The molecule has 15 nitrogen and oxygen atoms in total. The van der Waals surface area contributed by atoms with E-state index < -0.39 is 36.4 Å². The van der Waals surface area contributed by atoms with Crippen molar-refractivity contribution >= 4 is 34.8 Å². The summed E-state index contributed by atoms with van der Waals surface area (Å²) >= 11 is 0. The second kappa shape index (κ2) is 17.7. The van der Waals surface area contributed by atoms with Crippen LogP contribution in [0.2, 0.25) is 0 Å². The van der Waals surface area contributed by atoms with Crippen LogP contribution in [0.25, 0.3) is 44.4 Å². The SMILES string of the molecule is C=C1CCN(C(=O)[C@@H](NC(=O)OC)C(C)C)[C@@H]1c1ncc(-c2ccc3cc(-c4ccc(-c5cnc([C@@H]6C[C@@H](C#N)CN6C(=O)[C@@H](NC(=O)OC)C(C)C)[nH]5)cc4)ccc3c2)[nH]1. The van der Waals surface area contributed by atoms with Crippen LogP contribution in [0.1, 0.15) is 64.3 Å². The highest BCUT2D eigenvalue weighted by Crippen LogP contribution is 2.38. The smallest absolute Gasteiger partial charge is 0.407 e. The van der Waals surface area contributed by atoms with Crippen molar-refractivity contribution in [1.29, 1.82) is 5.26 Å². The van der Waals surface area contributed by atoms with Crippen LogP contribution in [0.5, 0.6) is 0 Å². The Kier molecular flexibility index (Phi) is 12.3. The minimum atomic E-state index is -0.811. The van der Waals surface area contributed by atoms with Crippen molar-refractivity contribution in [1.82, 2.24) is 40.4 Å². The number of likely N-dealkylation sites (tertiary alicyclic amines) is 2. The van der Waals surface area contributed by atoms with Gasteiger partial charge in [0.15, 0.2) is 0 Å². The largest absolute Gasteiger partial charge is 0.453 e. The van der Waals surface area contributed by atoms with Gasteiger partial charge in [0, 0.05) is 18.7 Å². The third-order valence-electron chi connectivity index (χ3n) is 11.7. The van der Waals surface area contributed by atoms with E-state index in [1.165, 1.54) is 14.2 Å². The number of alkyl carbamates (subject to hydrolysis) is 2. The molecule has 5 atom stereocenters. The van der Waals surface area contributed by atoms with Crippen LogP contribution < -0.4 is 10.6 Å². The zero-order valence-corrected chi connectivity index (χ0v) is 35.2. The fourth-order valence-corrected chi connectivity index (χ4v) is 8.23. The summed E-state index contributed by atoms with van der Waals surface area (Å²) in [5.41, 5.74) is 6.41. The first-order valence-electron chi connectivity index (χ1n) is 20.4. The molecule has 4 N–H and O–H groups in total. The van der Waals surface area contributed by atoms with Gasteiger partial charge in [0.25, 0.3) is 0 Å². The molecule has 4 heterocycles. The van der Waals surface area contributed by atoms with Gasteiger partial charge >= 0.3 is 12.2 Å². The highest BCUT2D eigenvalue weighted by atomic mass is 16.5. The first-order valence-corrected chi connectivity index (χ1v) is 20.4. The molecule has 2 aromatic heterocycles. The van der Waals surface area contributed by atoms with Crippen LogP contribution >= 0.6 is 0 Å². The lowest BCUT2D eigenvalue weighted by molar-refractivity contribution is -0.136. The summed E-state index contributed by atoms with van der Waals surface area (Å²) in [6.07, 6.45) is 3.23. The average Bonchev–Trinajstić information content (AvgIpc) is 4.10. The molecule has 2 aliphatic rings. The van der Waals surface area contributed by atoms with E-state index in [4.69, 9.17) is 14.5 Å². The summed E-state index contributed by atoms with van der Waals surface area (Å²) in [5.74, 6) is -0.0158. The average molecular weight is 826 g/mol. The Balaban J connectivity index is 1.05. The normalized spacial score (nSPS) is 18.6. The lowest BCUT2D eigenvalue weighted by Gasteiger charge is -2.30. The maximum absolute atomic E-state index is 13.7. The van der Waals surface area contributed by atoms with Crippen molar-refractivity contribution in [3.8, 4) is 39.7 Å². The number of carbonyl (C=O) groups excluding carboxylic acids is 4. The predicted molar refractivity (Wildman–Crippen MR) is 229 cm³/mol. The molecule has 0 unspecified atom stereocenters. The number of aromatic amines is 2. The molecule has 61 heavy (non-hydrogen) atoms. The summed E-state index contributed by atoms with van der Waals surface area (Å²) in [6, 6.07) is 20.5. The van der Waals surface area contributed by atoms with Crippen LogP contribution in [0.15, 0.2) is 85.2 Å². The van der Waals surface area contributed by atoms with Gasteiger partial charge in [-0.15, -0.1) is 0 Å². The number of hydrogen-bond donors (Lipinski definition) is 4. The van der Waals surface area contributed by atoms with Gasteiger partial charge in [-0.25, -0.2) is 19.6 Å². The van der Waals surface area contributed by atoms with E-state index in [9.17, 15) is 24.4 Å². The van der Waals surface area contributed by atoms with Crippen molar-refractivity contribution in [2.45, 2.75) is 64.7 Å². The van der Waals surface area contributed by atoms with E-state index in [1.807, 2.05) is 45.9 Å². The van der Waals surface area contributed by atoms with E-state index in [2.05, 4.69) is 80.7 Å². The van der Waals surface area contributed by atoms with Crippen molar-refractivity contribution in [2.75, 3.05) is 27.3 Å². The van der Waals surface area contributed by atoms with Gasteiger partial charge in [0.1, 0.15) is 29.8 Å². The summed E-state index contributed by atoms with van der Waals surface area (Å²) in [7, 11) is 2.53. The fourth-order valence-electron chi connectivity index (χ4n) is 8.23. The third-order valence-corrected chi connectivity index (χ3v) is 11.7. The van der Waals surface area contributed by atoms with Crippen LogP contribution in [0.3, 0.4) is 0 Å². The highest BCUT2D eigenvalue weighted by Gasteiger charge is 2.42. The molecule has 2 fully saturated rings. The summed E-state index contributed by atoms with van der Waals surface area (Å²) in [6.45, 7) is 12.4. The Hall–Kier alpha value is -6.95. The fraction of sp³-hybridized carbons (Fsp3) is 0.370. The number of fused-ring (bicyclic) bond motifs is 1. The number of imidazole rings is 2. The Morgan fingerprint density at radius 3 is 1.85 bits per heavy atom. The second-order valence-corrected chi connectivity index (χ2v) is 16.3. The van der Waals surface area contributed by atoms with E-state index in [0.29, 0.717) is 31.0 Å². The van der Waals surface area contributed by atoms with Crippen LogP contribution in [0, 0.1) is 29.1 Å². The Morgan fingerprint density at radius 1 is 0.754 bits per heavy atom. The zero-order chi connectivity index (χ0) is 43.5. The number of methoxy groups -OCH3 is 2. The lowest BCUT2D eigenvalue weighted by atomic mass is 9.98. The van der Waals surface area contributed by atoms with Gasteiger partial charge in [-0.05, 0) is 69.8 Å². The number of H-pyrrole nitrogens is 2. The molecule has 2 saturated heterocycles. The maximum Gasteiger partial charge on any atom is 0.407 e. The molecule has 7 rings (SSSR count). The molecule has 4 amide bonds. The quantitative estimate of drug-likeness (QED) is 0.0988. The maximum atomic E-state index is 13.7. The summed E-state index contributed by atoms with van der Waals surface area (Å²) in [5, 5.41) is 17.2. The van der Waals surface area contributed by atoms with Crippen molar-refractivity contribution < 1.29 is 28.7 Å². The third kappa shape index (κ3) is 8.70. The number of aromatic nitrogens is 4. The molecule has 2 aliphatic heterocycles. The summed E-state index contributed by atoms with van der Waals surface area (Å²) in [4.78, 5) is 71.0. The van der Waals surface area contributed by atoms with E-state index in [0.717, 1.165) is 50.0 Å². The molecule has 0 bridgehead atoms. The van der Waals surface area contributed by atoms with E-state index >= 15 is 0 Å². The van der Waals surface area contributed by atoms with Gasteiger partial charge in [-0.1, -0.05) is 82.8 Å². The molecule has 3 aromatic carbocycles. The molecular weight excluding hydrogens is 775 g/mol. The Bertz CT molecular complexity index is 2500. The minimum absolute atomic E-state index is 0.152. The van der Waals surface area contributed by atoms with Crippen LogP contribution in [-0.4, -0.2) is 93.1 Å². The first kappa shape index (κ1) is 42.2. The number of nitriles is 1. The molecule has 0 aliphatic carbocycles. The number of nitrogens with one attached hydrogen (secondary N) is 4. The number of hydrogen-bond acceptors (Lipinski definition) is 9. The first-order chi connectivity index (χ1) is 29.3. The number of ether oxygens (including phenoxy) is 2. The number of nitrogens with zero attached hydrogens (tertiary/aromatic N) is 5. The van der Waals surface area contributed by atoms with Crippen molar-refractivity contribution in [2.24, 2.45) is 17.8 Å². The summed E-state index contributed by atoms with van der Waals surface area (Å²) < 4.78 is 9.52. The van der Waals surface area contributed by atoms with Gasteiger partial charge in [0.2, 0.25) is 11.8 Å². The predicted octanol–water partition coefficient (Wildman–Crippen LogP) is 7.29. The Labute approximate surface area is 354 Å². The number of rotatable bonds is 11. The highest BCUT2D eigenvalue weighted by molar-refractivity contribution is 5.91. The number of benzene rings is 3. The molecule has 0 spiro atoms. The van der Waals surface area contributed by atoms with E-state index in [1.54, 1.807) is 22.2 Å². The minimum Gasteiger partial charge on any atom is -0.453 e. The second-order valence-electron chi connectivity index (χ2n) is 16.3. The molecule has 0 radical (unpaired) electrons. The lowest BCUT2D eigenvalue weighted by Crippen LogP contribution is -2.51. The number of amides is 4. The van der Waals surface area contributed by atoms with Gasteiger partial charge < -0.3 is 39.9 Å². The van der Waals surface area contributed by atoms with Crippen molar-refractivity contribution in [3.05, 3.63) is 96.9 Å². The molecule has 0 saturated carbocycles. The molecular formula is C46H51N9O6. The van der Waals surface area contributed by atoms with Crippen LogP contribution in [-0.2, 0) is 19.1 Å².